The Labute approximate surface area is 383 Å². The molecule has 0 aliphatic heterocycles. The minimum Gasteiger partial charge on any atom is -0.456 e. The summed E-state index contributed by atoms with van der Waals surface area (Å²) in [4.78, 5) is 15.5. The Kier molecular flexibility index (Phi) is 7.84. The van der Waals surface area contributed by atoms with E-state index in [2.05, 4.69) is 188 Å². The van der Waals surface area contributed by atoms with Crippen LogP contribution < -0.4 is 0 Å². The summed E-state index contributed by atoms with van der Waals surface area (Å²) in [5.74, 6) is 1.93. The van der Waals surface area contributed by atoms with E-state index in [1.807, 2.05) is 24.3 Å². The number of benzene rings is 9. The molecule has 13 aromatic rings. The number of fused-ring (bicyclic) bond motifs is 12. The third kappa shape index (κ3) is 5.49. The van der Waals surface area contributed by atoms with Crippen LogP contribution in [0.1, 0.15) is 25.0 Å². The molecule has 0 spiro atoms. The predicted molar refractivity (Wildman–Crippen MR) is 274 cm³/mol. The second-order valence-corrected chi connectivity index (χ2v) is 19.0. The van der Waals surface area contributed by atoms with Crippen molar-refractivity contribution in [3.05, 3.63) is 205 Å². The van der Waals surface area contributed by atoms with Crippen molar-refractivity contribution in [2.45, 2.75) is 19.3 Å². The monoisotopic (exact) mass is 862 g/mol. The molecule has 1 aliphatic rings. The van der Waals surface area contributed by atoms with Crippen molar-refractivity contribution in [2.24, 2.45) is 0 Å². The zero-order chi connectivity index (χ0) is 43.7. The van der Waals surface area contributed by atoms with Gasteiger partial charge in [0.15, 0.2) is 17.5 Å². The maximum Gasteiger partial charge on any atom is 0.165 e. The van der Waals surface area contributed by atoms with Gasteiger partial charge in [-0.3, -0.25) is 0 Å². The highest BCUT2D eigenvalue weighted by molar-refractivity contribution is 7.26. The van der Waals surface area contributed by atoms with E-state index in [0.29, 0.717) is 17.5 Å². The second kappa shape index (κ2) is 13.9. The lowest BCUT2D eigenvalue weighted by molar-refractivity contribution is 0.647. The smallest absolute Gasteiger partial charge is 0.165 e. The van der Waals surface area contributed by atoms with Gasteiger partial charge in [0.25, 0.3) is 0 Å². The molecule has 0 bridgehead atoms. The second-order valence-electron chi connectivity index (χ2n) is 18.0. The normalized spacial score (nSPS) is 13.1. The van der Waals surface area contributed by atoms with E-state index in [9.17, 15) is 0 Å². The fourth-order valence-electron chi connectivity index (χ4n) is 10.6. The van der Waals surface area contributed by atoms with E-state index in [1.54, 1.807) is 11.3 Å². The molecule has 0 saturated heterocycles. The number of furan rings is 1. The summed E-state index contributed by atoms with van der Waals surface area (Å²) >= 11 is 1.79. The first-order valence-corrected chi connectivity index (χ1v) is 23.2. The number of para-hydroxylation sites is 2. The minimum absolute atomic E-state index is 0.188. The van der Waals surface area contributed by atoms with Gasteiger partial charge < -0.3 is 8.98 Å². The Morgan fingerprint density at radius 1 is 0.409 bits per heavy atom. The van der Waals surface area contributed by atoms with Crippen LogP contribution in [0.4, 0.5) is 0 Å². The maximum absolute atomic E-state index is 6.36. The summed E-state index contributed by atoms with van der Waals surface area (Å²) in [5.41, 5.74) is 15.5. The molecular formula is C60H38N4OS. The van der Waals surface area contributed by atoms with Crippen LogP contribution in [0.15, 0.2) is 199 Å². The van der Waals surface area contributed by atoms with Crippen LogP contribution in [0.3, 0.4) is 0 Å². The Balaban J connectivity index is 0.885. The van der Waals surface area contributed by atoms with Crippen LogP contribution in [0, 0.1) is 0 Å². The van der Waals surface area contributed by atoms with E-state index in [0.717, 1.165) is 50.0 Å². The van der Waals surface area contributed by atoms with Crippen LogP contribution in [0.25, 0.3) is 126 Å². The number of thiophene rings is 1. The number of hydrogen-bond acceptors (Lipinski definition) is 5. The van der Waals surface area contributed by atoms with Crippen molar-refractivity contribution in [1.29, 1.82) is 0 Å². The quantitative estimate of drug-likeness (QED) is 0.173. The van der Waals surface area contributed by atoms with Gasteiger partial charge in [0.2, 0.25) is 0 Å². The van der Waals surface area contributed by atoms with Crippen molar-refractivity contribution in [2.75, 3.05) is 0 Å². The zero-order valence-electron chi connectivity index (χ0n) is 36.1. The summed E-state index contributed by atoms with van der Waals surface area (Å²) in [6, 6.07) is 69.5. The lowest BCUT2D eigenvalue weighted by atomic mass is 9.81. The molecule has 4 heterocycles. The number of rotatable bonds is 5. The molecule has 0 fully saturated rings. The van der Waals surface area contributed by atoms with Gasteiger partial charge in [-0.05, 0) is 100 Å². The van der Waals surface area contributed by atoms with Gasteiger partial charge in [-0.1, -0.05) is 141 Å². The summed E-state index contributed by atoms with van der Waals surface area (Å²) in [7, 11) is 0. The fraction of sp³-hybridized carbons (Fsp3) is 0.0500. The minimum atomic E-state index is -0.188. The lowest BCUT2D eigenvalue weighted by Gasteiger charge is -2.22. The van der Waals surface area contributed by atoms with Crippen LogP contribution in [0.2, 0.25) is 0 Å². The van der Waals surface area contributed by atoms with Gasteiger partial charge in [0.05, 0.1) is 11.0 Å². The van der Waals surface area contributed by atoms with E-state index >= 15 is 0 Å². The molecule has 14 rings (SSSR count). The highest BCUT2D eigenvalue weighted by Gasteiger charge is 2.36. The molecule has 6 heteroatoms. The SMILES string of the molecule is CC1(C)c2cc(-c3ccc4c(c3)c3ccccc3n4-c3cccc(-c4nc(-c5ccccc5)nc(-c5cccc6c5sc5ccccc56)n4)c3)ccc2-c2cc3c(cc21)oc1ccccc13. The summed E-state index contributed by atoms with van der Waals surface area (Å²) in [5, 5.41) is 7.19. The molecule has 0 atom stereocenters. The van der Waals surface area contributed by atoms with Crippen molar-refractivity contribution in [1.82, 2.24) is 19.5 Å². The summed E-state index contributed by atoms with van der Waals surface area (Å²) in [6.07, 6.45) is 0. The molecule has 9 aromatic carbocycles. The van der Waals surface area contributed by atoms with Gasteiger partial charge in [-0.15, -0.1) is 11.3 Å². The van der Waals surface area contributed by atoms with Gasteiger partial charge in [0, 0.05) is 69.5 Å². The molecule has 310 valence electrons. The molecular weight excluding hydrogens is 825 g/mol. The first-order valence-electron chi connectivity index (χ1n) is 22.4. The Hall–Kier alpha value is -8.19. The number of aromatic nitrogens is 4. The van der Waals surface area contributed by atoms with E-state index < -0.39 is 0 Å². The van der Waals surface area contributed by atoms with Crippen molar-refractivity contribution in [3.63, 3.8) is 0 Å². The fourth-order valence-corrected chi connectivity index (χ4v) is 11.8. The standard InChI is InChI=1S/C60H38N4OS/c1-60(2)49-32-37(26-28-40(49)46-33-48-42-19-7-10-24-53(42)65-54(48)34-50(46)60)36-27-29-52-47(31-36)41-18-6-9-23-51(41)64(52)39-17-12-16-38(30-39)58-61-57(35-14-4-3-5-15-35)62-59(63-58)45-22-13-21-44-43-20-8-11-25-55(43)66-56(44)45/h3-34H,1-2H3. The molecule has 1 aliphatic carbocycles. The maximum atomic E-state index is 6.36. The van der Waals surface area contributed by atoms with E-state index in [1.165, 1.54) is 69.7 Å². The Bertz CT molecular complexity index is 4160. The Morgan fingerprint density at radius 3 is 1.97 bits per heavy atom. The van der Waals surface area contributed by atoms with Gasteiger partial charge in [-0.25, -0.2) is 15.0 Å². The summed E-state index contributed by atoms with van der Waals surface area (Å²) < 4.78 is 11.1. The number of hydrogen-bond donors (Lipinski definition) is 0. The molecule has 0 radical (unpaired) electrons. The molecule has 0 saturated carbocycles. The van der Waals surface area contributed by atoms with Crippen LogP contribution in [0.5, 0.6) is 0 Å². The third-order valence-electron chi connectivity index (χ3n) is 13.9. The lowest BCUT2D eigenvalue weighted by Crippen LogP contribution is -2.15. The molecule has 5 nitrogen and oxygen atoms in total. The van der Waals surface area contributed by atoms with E-state index in [4.69, 9.17) is 19.4 Å². The highest BCUT2D eigenvalue weighted by Crippen LogP contribution is 2.52. The zero-order valence-corrected chi connectivity index (χ0v) is 36.9. The first-order chi connectivity index (χ1) is 32.4. The molecule has 4 aromatic heterocycles. The molecule has 0 N–H and O–H groups in total. The van der Waals surface area contributed by atoms with E-state index in [-0.39, 0.29) is 5.41 Å². The highest BCUT2D eigenvalue weighted by atomic mass is 32.1. The third-order valence-corrected chi connectivity index (χ3v) is 15.1. The van der Waals surface area contributed by atoms with Gasteiger partial charge >= 0.3 is 0 Å². The van der Waals surface area contributed by atoms with Crippen LogP contribution in [-0.2, 0) is 5.41 Å². The average molecular weight is 863 g/mol. The predicted octanol–water partition coefficient (Wildman–Crippen LogP) is 16.2. The first kappa shape index (κ1) is 37.2. The molecule has 0 amide bonds. The number of nitrogens with zero attached hydrogens (tertiary/aromatic N) is 4. The Morgan fingerprint density at radius 2 is 1.08 bits per heavy atom. The van der Waals surface area contributed by atoms with Crippen molar-refractivity contribution >= 4 is 75.3 Å². The van der Waals surface area contributed by atoms with Crippen molar-refractivity contribution < 1.29 is 4.42 Å². The van der Waals surface area contributed by atoms with Crippen LogP contribution >= 0.6 is 11.3 Å². The summed E-state index contributed by atoms with van der Waals surface area (Å²) in [6.45, 7) is 4.68. The van der Waals surface area contributed by atoms with Crippen LogP contribution in [-0.4, -0.2) is 19.5 Å². The van der Waals surface area contributed by atoms with Gasteiger partial charge in [-0.2, -0.15) is 0 Å². The van der Waals surface area contributed by atoms with Crippen molar-refractivity contribution in [3.8, 4) is 62.1 Å². The topological polar surface area (TPSA) is 56.7 Å². The largest absolute Gasteiger partial charge is 0.456 e. The average Bonchev–Trinajstić information content (AvgIpc) is 4.09. The van der Waals surface area contributed by atoms with Gasteiger partial charge in [0.1, 0.15) is 11.2 Å². The molecule has 0 unspecified atom stereocenters. The molecule has 66 heavy (non-hydrogen) atoms.